The van der Waals surface area contributed by atoms with Gasteiger partial charge < -0.3 is 15.2 Å². The normalized spacial score (nSPS) is 12.1. The average molecular weight is 420 g/mol. The van der Waals surface area contributed by atoms with E-state index < -0.39 is 0 Å². The molecule has 1 atom stereocenters. The molecule has 2 aromatic carbocycles. The third-order valence-corrected chi connectivity index (χ3v) is 5.85. The second kappa shape index (κ2) is 8.61. The maximum Gasteiger partial charge on any atom is 0.279 e. The predicted molar refractivity (Wildman–Crippen MR) is 121 cm³/mol. The zero-order valence-electron chi connectivity index (χ0n) is 16.9. The number of benzene rings is 2. The minimum atomic E-state index is -0.148. The minimum absolute atomic E-state index is 0.0812. The summed E-state index contributed by atoms with van der Waals surface area (Å²) in [5.74, 6) is 0.497. The van der Waals surface area contributed by atoms with E-state index in [0.717, 1.165) is 26.6 Å². The number of hydrogen-bond donors (Lipinski definition) is 3. The van der Waals surface area contributed by atoms with Gasteiger partial charge in [0.2, 0.25) is 0 Å². The van der Waals surface area contributed by atoms with E-state index in [2.05, 4.69) is 15.3 Å². The highest BCUT2D eigenvalue weighted by molar-refractivity contribution is 7.21. The molecule has 6 nitrogen and oxygen atoms in total. The summed E-state index contributed by atoms with van der Waals surface area (Å²) in [5, 5.41) is 3.49. The molecule has 0 fully saturated rings. The fourth-order valence-corrected chi connectivity index (χ4v) is 4.33. The van der Waals surface area contributed by atoms with Crippen molar-refractivity contribution < 1.29 is 9.69 Å². The molecule has 4 rings (SSSR count). The molecule has 0 saturated heterocycles. The van der Waals surface area contributed by atoms with Gasteiger partial charge in [-0.05, 0) is 30.7 Å². The molecule has 0 radical (unpaired) electrons. The number of hydrogen-bond acceptors (Lipinski definition) is 4. The zero-order valence-corrected chi connectivity index (χ0v) is 17.7. The summed E-state index contributed by atoms with van der Waals surface area (Å²) in [4.78, 5) is 35.0. The number of rotatable bonds is 6. The van der Waals surface area contributed by atoms with Gasteiger partial charge in [0.1, 0.15) is 11.4 Å². The topological polar surface area (TPSA) is 79.3 Å². The largest absolute Gasteiger partial charge is 0.323 e. The monoisotopic (exact) mass is 419 g/mol. The van der Waals surface area contributed by atoms with Crippen LogP contribution in [0.5, 0.6) is 0 Å². The van der Waals surface area contributed by atoms with E-state index >= 15 is 0 Å². The number of aromatic nitrogens is 2. The lowest BCUT2D eigenvalue weighted by atomic mass is 10.2. The number of fused-ring (bicyclic) bond motifs is 1. The minimum Gasteiger partial charge on any atom is -0.323 e. The summed E-state index contributed by atoms with van der Waals surface area (Å²) < 4.78 is 0. The number of aromatic amines is 1. The van der Waals surface area contributed by atoms with Crippen LogP contribution in [0.1, 0.15) is 11.4 Å². The van der Waals surface area contributed by atoms with Crippen molar-refractivity contribution in [2.75, 3.05) is 18.9 Å². The quantitative estimate of drug-likeness (QED) is 0.450. The van der Waals surface area contributed by atoms with Crippen LogP contribution in [0.2, 0.25) is 0 Å². The van der Waals surface area contributed by atoms with Gasteiger partial charge in [0.05, 0.1) is 12.4 Å². The molecule has 0 bridgehead atoms. The van der Waals surface area contributed by atoms with Crippen LogP contribution in [0, 0.1) is 6.92 Å². The molecule has 7 heteroatoms. The van der Waals surface area contributed by atoms with Crippen molar-refractivity contribution in [2.45, 2.75) is 13.5 Å². The number of nitrogens with one attached hydrogen (secondary N) is 3. The first-order valence-corrected chi connectivity index (χ1v) is 10.6. The van der Waals surface area contributed by atoms with Gasteiger partial charge >= 0.3 is 0 Å². The van der Waals surface area contributed by atoms with E-state index in [0.29, 0.717) is 22.6 Å². The summed E-state index contributed by atoms with van der Waals surface area (Å²) in [7, 11) is 1.91. The molecule has 1 unspecified atom stereocenters. The smallest absolute Gasteiger partial charge is 0.279 e. The number of amides is 1. The van der Waals surface area contributed by atoms with Crippen molar-refractivity contribution in [3.8, 4) is 10.4 Å². The van der Waals surface area contributed by atoms with Crippen molar-refractivity contribution in [1.82, 2.24) is 9.97 Å². The van der Waals surface area contributed by atoms with Crippen molar-refractivity contribution in [3.63, 3.8) is 0 Å². The molecule has 2 heterocycles. The average Bonchev–Trinajstić information content (AvgIpc) is 3.15. The molecule has 0 aliphatic heterocycles. The fourth-order valence-electron chi connectivity index (χ4n) is 3.27. The Hall–Kier alpha value is -3.29. The standard InChI is InChI=1S/C23H22N4O2S/c1-15-8-10-17(11-9-15)24-21(28)14-27(2)13-20-25-22(29)18-12-19(30-23(18)26-20)16-6-4-3-5-7-16/h3-12H,13-14H2,1-2H3,(H,24,28)(H,25,26,29)/p+1. The Kier molecular flexibility index (Phi) is 5.74. The highest BCUT2D eigenvalue weighted by atomic mass is 32.1. The summed E-state index contributed by atoms with van der Waals surface area (Å²) in [6.07, 6.45) is 0. The maximum absolute atomic E-state index is 12.5. The summed E-state index contributed by atoms with van der Waals surface area (Å²) in [5.41, 5.74) is 2.84. The third kappa shape index (κ3) is 4.64. The van der Waals surface area contributed by atoms with Gasteiger partial charge in [0.25, 0.3) is 11.5 Å². The van der Waals surface area contributed by atoms with E-state index in [-0.39, 0.29) is 18.0 Å². The van der Waals surface area contributed by atoms with Crippen LogP contribution in [0.3, 0.4) is 0 Å². The first-order chi connectivity index (χ1) is 14.5. The Morgan fingerprint density at radius 3 is 2.60 bits per heavy atom. The lowest BCUT2D eigenvalue weighted by Crippen LogP contribution is -3.08. The zero-order chi connectivity index (χ0) is 21.1. The van der Waals surface area contributed by atoms with Crippen LogP contribution < -0.4 is 15.8 Å². The Bertz CT molecular complexity index is 1230. The SMILES string of the molecule is Cc1ccc(NC(=O)C[NH+](C)Cc2nc3sc(-c4ccccc4)cc3c(=O)[nH]2)cc1. The predicted octanol–water partition coefficient (Wildman–Crippen LogP) is 2.61. The van der Waals surface area contributed by atoms with Crippen LogP contribution in [0.4, 0.5) is 5.69 Å². The van der Waals surface area contributed by atoms with Crippen LogP contribution in [-0.2, 0) is 11.3 Å². The van der Waals surface area contributed by atoms with Gasteiger partial charge in [-0.3, -0.25) is 9.59 Å². The molecule has 1 amide bonds. The molecule has 3 N–H and O–H groups in total. The van der Waals surface area contributed by atoms with E-state index in [1.165, 1.54) is 11.3 Å². The van der Waals surface area contributed by atoms with Gasteiger partial charge in [-0.1, -0.05) is 48.0 Å². The number of thiophene rings is 1. The molecule has 30 heavy (non-hydrogen) atoms. The summed E-state index contributed by atoms with van der Waals surface area (Å²) in [6.45, 7) is 2.73. The second-order valence-corrected chi connectivity index (χ2v) is 8.46. The Balaban J connectivity index is 1.46. The fraction of sp³-hybridized carbons (Fsp3) is 0.174. The van der Waals surface area contributed by atoms with Crippen LogP contribution in [0.15, 0.2) is 65.5 Å². The number of anilines is 1. The first kappa shape index (κ1) is 20.0. The molecule has 4 aromatic rings. The highest BCUT2D eigenvalue weighted by Gasteiger charge is 2.15. The molecule has 152 valence electrons. The number of quaternary nitrogens is 1. The Morgan fingerprint density at radius 1 is 1.13 bits per heavy atom. The van der Waals surface area contributed by atoms with Crippen LogP contribution in [0.25, 0.3) is 20.7 Å². The second-order valence-electron chi connectivity index (χ2n) is 7.43. The summed E-state index contributed by atoms with van der Waals surface area (Å²) in [6, 6.07) is 19.5. The van der Waals surface area contributed by atoms with Crippen LogP contribution in [-0.4, -0.2) is 29.5 Å². The van der Waals surface area contributed by atoms with E-state index in [4.69, 9.17) is 0 Å². The van der Waals surface area contributed by atoms with Crippen molar-refractivity contribution >= 4 is 33.1 Å². The Morgan fingerprint density at radius 2 is 1.87 bits per heavy atom. The molecule has 0 aliphatic rings. The van der Waals surface area contributed by atoms with E-state index in [1.807, 2.05) is 74.6 Å². The van der Waals surface area contributed by atoms with Crippen molar-refractivity contribution in [3.05, 3.63) is 82.4 Å². The number of aryl methyl sites for hydroxylation is 1. The highest BCUT2D eigenvalue weighted by Crippen LogP contribution is 2.30. The number of likely N-dealkylation sites (N-methyl/N-ethyl adjacent to an activating group) is 1. The lowest BCUT2D eigenvalue weighted by Gasteiger charge is -2.13. The van der Waals surface area contributed by atoms with Crippen molar-refractivity contribution in [2.24, 2.45) is 0 Å². The maximum atomic E-state index is 12.5. The number of nitrogens with zero attached hydrogens (tertiary/aromatic N) is 1. The van der Waals surface area contributed by atoms with E-state index in [1.54, 1.807) is 0 Å². The molecule has 2 aromatic heterocycles. The number of carbonyl (C=O) groups is 1. The molecular weight excluding hydrogens is 396 g/mol. The third-order valence-electron chi connectivity index (χ3n) is 4.78. The van der Waals surface area contributed by atoms with Gasteiger partial charge in [-0.15, -0.1) is 11.3 Å². The number of H-pyrrole nitrogens is 1. The first-order valence-electron chi connectivity index (χ1n) is 9.74. The van der Waals surface area contributed by atoms with Crippen molar-refractivity contribution in [1.29, 1.82) is 0 Å². The molecule has 0 spiro atoms. The molecule has 0 aliphatic carbocycles. The summed E-state index contributed by atoms with van der Waals surface area (Å²) >= 11 is 1.50. The van der Waals surface area contributed by atoms with Gasteiger partial charge in [0.15, 0.2) is 12.4 Å². The van der Waals surface area contributed by atoms with Gasteiger partial charge in [-0.25, -0.2) is 4.98 Å². The van der Waals surface area contributed by atoms with E-state index in [9.17, 15) is 9.59 Å². The number of carbonyl (C=O) groups excluding carboxylic acids is 1. The molecule has 0 saturated carbocycles. The van der Waals surface area contributed by atoms with Gasteiger partial charge in [-0.2, -0.15) is 0 Å². The van der Waals surface area contributed by atoms with Gasteiger partial charge in [0, 0.05) is 10.6 Å². The molecular formula is C23H23N4O2S+. The Labute approximate surface area is 178 Å². The lowest BCUT2D eigenvalue weighted by molar-refractivity contribution is -0.885. The van der Waals surface area contributed by atoms with Crippen LogP contribution >= 0.6 is 11.3 Å².